The van der Waals surface area contributed by atoms with Crippen molar-refractivity contribution < 1.29 is 9.66 Å². The molecule has 0 aliphatic rings. The van der Waals surface area contributed by atoms with Gasteiger partial charge in [-0.25, -0.2) is 0 Å². The maximum absolute atomic E-state index is 10.7. The number of rotatable bonds is 6. The summed E-state index contributed by atoms with van der Waals surface area (Å²) in [4.78, 5) is 10.3. The number of benzene rings is 2. The summed E-state index contributed by atoms with van der Waals surface area (Å²) >= 11 is 0. The molecule has 0 saturated carbocycles. The van der Waals surface area contributed by atoms with Gasteiger partial charge in [-0.3, -0.25) is 10.1 Å². The quantitative estimate of drug-likeness (QED) is 0.381. The molecule has 0 aromatic heterocycles. The number of ether oxygens (including phenoxy) is 1. The predicted octanol–water partition coefficient (Wildman–Crippen LogP) is 3.50. The van der Waals surface area contributed by atoms with E-state index in [4.69, 9.17) is 10.5 Å². The van der Waals surface area contributed by atoms with Crippen LogP contribution in [0, 0.1) is 17.0 Å². The Morgan fingerprint density at radius 1 is 1.19 bits per heavy atom. The van der Waals surface area contributed by atoms with Gasteiger partial charge in [0.15, 0.2) is 0 Å². The van der Waals surface area contributed by atoms with Crippen LogP contribution in [0.15, 0.2) is 42.5 Å². The molecule has 0 unspecified atom stereocenters. The molecular weight excluding hydrogens is 268 g/mol. The molecule has 0 aliphatic heterocycles. The predicted molar refractivity (Wildman–Crippen MR) is 82.5 cm³/mol. The summed E-state index contributed by atoms with van der Waals surface area (Å²) in [5, 5.41) is 10.7. The SMILES string of the molecule is Cc1cc(OCCCc2ccc(N)cc2)ccc1[N+](=O)[O-]. The molecule has 0 spiro atoms. The average molecular weight is 286 g/mol. The van der Waals surface area contributed by atoms with Crippen molar-refractivity contribution in [3.8, 4) is 5.75 Å². The van der Waals surface area contributed by atoms with E-state index < -0.39 is 0 Å². The fourth-order valence-electron chi connectivity index (χ4n) is 2.07. The van der Waals surface area contributed by atoms with Crippen molar-refractivity contribution in [1.29, 1.82) is 0 Å². The number of hydrogen-bond donors (Lipinski definition) is 1. The van der Waals surface area contributed by atoms with Gasteiger partial charge in [0, 0.05) is 17.3 Å². The molecule has 0 bridgehead atoms. The Morgan fingerprint density at radius 3 is 2.52 bits per heavy atom. The van der Waals surface area contributed by atoms with E-state index in [0.29, 0.717) is 17.9 Å². The normalized spacial score (nSPS) is 10.3. The molecular formula is C16H18N2O3. The van der Waals surface area contributed by atoms with Crippen LogP contribution in [0.4, 0.5) is 11.4 Å². The number of nitro groups is 1. The lowest BCUT2D eigenvalue weighted by atomic mass is 10.1. The third-order valence-corrected chi connectivity index (χ3v) is 3.22. The Labute approximate surface area is 123 Å². The number of nitrogens with zero attached hydrogens (tertiary/aromatic N) is 1. The summed E-state index contributed by atoms with van der Waals surface area (Å²) in [6, 6.07) is 12.6. The van der Waals surface area contributed by atoms with Crippen LogP contribution in [0.5, 0.6) is 5.75 Å². The van der Waals surface area contributed by atoms with Gasteiger partial charge in [-0.15, -0.1) is 0 Å². The van der Waals surface area contributed by atoms with Crippen LogP contribution in [0.25, 0.3) is 0 Å². The smallest absolute Gasteiger partial charge is 0.272 e. The third kappa shape index (κ3) is 4.21. The van der Waals surface area contributed by atoms with Crippen molar-refractivity contribution in [1.82, 2.24) is 0 Å². The topological polar surface area (TPSA) is 78.4 Å². The number of nitro benzene ring substituents is 1. The van der Waals surface area contributed by atoms with E-state index in [9.17, 15) is 10.1 Å². The molecule has 0 heterocycles. The molecule has 5 nitrogen and oxygen atoms in total. The molecule has 110 valence electrons. The summed E-state index contributed by atoms with van der Waals surface area (Å²) in [6.07, 6.45) is 1.78. The Kier molecular flexibility index (Phi) is 4.77. The zero-order valence-corrected chi connectivity index (χ0v) is 11.9. The standard InChI is InChI=1S/C16H18N2O3/c1-12-11-15(8-9-16(12)18(19)20)21-10-2-3-13-4-6-14(17)7-5-13/h4-9,11H,2-3,10,17H2,1H3. The molecule has 0 amide bonds. The van der Waals surface area contributed by atoms with E-state index >= 15 is 0 Å². The van der Waals surface area contributed by atoms with Crippen molar-refractivity contribution in [2.75, 3.05) is 12.3 Å². The van der Waals surface area contributed by atoms with Crippen molar-refractivity contribution in [3.05, 3.63) is 63.7 Å². The van der Waals surface area contributed by atoms with Crippen LogP contribution in [0.2, 0.25) is 0 Å². The van der Waals surface area contributed by atoms with Gasteiger partial charge in [0.1, 0.15) is 5.75 Å². The molecule has 0 saturated heterocycles. The van der Waals surface area contributed by atoms with Crippen molar-refractivity contribution in [2.24, 2.45) is 0 Å². The minimum atomic E-state index is -0.389. The molecule has 0 atom stereocenters. The molecule has 21 heavy (non-hydrogen) atoms. The summed E-state index contributed by atoms with van der Waals surface area (Å²) in [7, 11) is 0. The first-order valence-corrected chi connectivity index (χ1v) is 6.78. The fraction of sp³-hybridized carbons (Fsp3) is 0.250. The Hall–Kier alpha value is -2.56. The lowest BCUT2D eigenvalue weighted by molar-refractivity contribution is -0.385. The highest BCUT2D eigenvalue weighted by Gasteiger charge is 2.10. The van der Waals surface area contributed by atoms with E-state index in [1.165, 1.54) is 11.6 Å². The lowest BCUT2D eigenvalue weighted by Crippen LogP contribution is -2.00. The van der Waals surface area contributed by atoms with Gasteiger partial charge in [-0.1, -0.05) is 12.1 Å². The second kappa shape index (κ2) is 6.74. The minimum absolute atomic E-state index is 0.115. The van der Waals surface area contributed by atoms with Gasteiger partial charge in [0.25, 0.3) is 5.69 Å². The number of nitrogens with two attached hydrogens (primary N) is 1. The molecule has 2 N–H and O–H groups in total. The monoisotopic (exact) mass is 286 g/mol. The molecule has 2 aromatic carbocycles. The van der Waals surface area contributed by atoms with Crippen LogP contribution >= 0.6 is 0 Å². The van der Waals surface area contributed by atoms with Gasteiger partial charge in [-0.05, 0) is 49.6 Å². The fourth-order valence-corrected chi connectivity index (χ4v) is 2.07. The number of aryl methyl sites for hydroxylation is 2. The maximum Gasteiger partial charge on any atom is 0.272 e. The summed E-state index contributed by atoms with van der Waals surface area (Å²) in [5.74, 6) is 0.662. The molecule has 0 aliphatic carbocycles. The number of hydrogen-bond acceptors (Lipinski definition) is 4. The highest BCUT2D eigenvalue weighted by molar-refractivity contribution is 5.44. The molecule has 2 aromatic rings. The molecule has 5 heteroatoms. The summed E-state index contributed by atoms with van der Waals surface area (Å²) in [5.41, 5.74) is 8.33. The van der Waals surface area contributed by atoms with Crippen LogP contribution in [-0.2, 0) is 6.42 Å². The third-order valence-electron chi connectivity index (χ3n) is 3.22. The second-order valence-electron chi connectivity index (χ2n) is 4.90. The van der Waals surface area contributed by atoms with Gasteiger partial charge < -0.3 is 10.5 Å². The van der Waals surface area contributed by atoms with Crippen LogP contribution in [0.1, 0.15) is 17.5 Å². The highest BCUT2D eigenvalue weighted by Crippen LogP contribution is 2.23. The van der Waals surface area contributed by atoms with E-state index in [2.05, 4.69) is 0 Å². The van der Waals surface area contributed by atoms with Crippen molar-refractivity contribution in [3.63, 3.8) is 0 Å². The lowest BCUT2D eigenvalue weighted by Gasteiger charge is -2.07. The first-order valence-electron chi connectivity index (χ1n) is 6.78. The summed E-state index contributed by atoms with van der Waals surface area (Å²) < 4.78 is 5.62. The summed E-state index contributed by atoms with van der Waals surface area (Å²) in [6.45, 7) is 2.28. The highest BCUT2D eigenvalue weighted by atomic mass is 16.6. The second-order valence-corrected chi connectivity index (χ2v) is 4.90. The average Bonchev–Trinajstić information content (AvgIpc) is 2.45. The van der Waals surface area contributed by atoms with Gasteiger partial charge in [0.2, 0.25) is 0 Å². The Bertz CT molecular complexity index is 624. The van der Waals surface area contributed by atoms with Crippen molar-refractivity contribution >= 4 is 11.4 Å². The largest absolute Gasteiger partial charge is 0.494 e. The maximum atomic E-state index is 10.7. The zero-order valence-electron chi connectivity index (χ0n) is 11.9. The van der Waals surface area contributed by atoms with Gasteiger partial charge >= 0.3 is 0 Å². The van der Waals surface area contributed by atoms with E-state index in [-0.39, 0.29) is 10.6 Å². The van der Waals surface area contributed by atoms with E-state index in [1.54, 1.807) is 19.1 Å². The minimum Gasteiger partial charge on any atom is -0.494 e. The van der Waals surface area contributed by atoms with Crippen LogP contribution < -0.4 is 10.5 Å². The van der Waals surface area contributed by atoms with Crippen LogP contribution in [0.3, 0.4) is 0 Å². The Morgan fingerprint density at radius 2 is 1.90 bits per heavy atom. The first kappa shape index (κ1) is 14.8. The van der Waals surface area contributed by atoms with Crippen LogP contribution in [-0.4, -0.2) is 11.5 Å². The van der Waals surface area contributed by atoms with Crippen molar-refractivity contribution in [2.45, 2.75) is 19.8 Å². The number of nitrogen functional groups attached to an aromatic ring is 1. The first-order chi connectivity index (χ1) is 10.1. The molecule has 0 radical (unpaired) electrons. The molecule has 2 rings (SSSR count). The van der Waals surface area contributed by atoms with E-state index in [0.717, 1.165) is 18.5 Å². The Balaban J connectivity index is 1.82. The van der Waals surface area contributed by atoms with Gasteiger partial charge in [0.05, 0.1) is 11.5 Å². The number of anilines is 1. The molecule has 0 fully saturated rings. The van der Waals surface area contributed by atoms with E-state index in [1.807, 2.05) is 24.3 Å². The van der Waals surface area contributed by atoms with Gasteiger partial charge in [-0.2, -0.15) is 0 Å². The zero-order chi connectivity index (χ0) is 15.2.